The number of anilines is 1. The van der Waals surface area contributed by atoms with Crippen molar-refractivity contribution in [2.75, 3.05) is 5.32 Å². The van der Waals surface area contributed by atoms with Crippen LogP contribution >= 0.6 is 0 Å². The number of carbonyl (C=O) groups excluding carboxylic acids is 1. The molecule has 0 aliphatic carbocycles. The molecule has 134 valence electrons. The Hall–Kier alpha value is -2.51. The molecule has 1 amide bonds. The number of nitrogens with zero attached hydrogens (tertiary/aromatic N) is 2. The van der Waals surface area contributed by atoms with Gasteiger partial charge in [0.05, 0.1) is 6.04 Å². The number of amides is 1. The van der Waals surface area contributed by atoms with Crippen molar-refractivity contribution >= 4 is 11.7 Å². The summed E-state index contributed by atoms with van der Waals surface area (Å²) in [6.07, 6.45) is -4.64. The maximum Gasteiger partial charge on any atom is 0.410 e. The quantitative estimate of drug-likeness (QED) is 0.886. The van der Waals surface area contributed by atoms with Crippen LogP contribution in [0.15, 0.2) is 36.4 Å². The second-order valence-corrected chi connectivity index (χ2v) is 6.39. The van der Waals surface area contributed by atoms with Crippen LogP contribution in [-0.4, -0.2) is 27.9 Å². The zero-order valence-corrected chi connectivity index (χ0v) is 13.8. The van der Waals surface area contributed by atoms with Crippen molar-refractivity contribution in [3.8, 4) is 0 Å². The molecule has 2 heterocycles. The summed E-state index contributed by atoms with van der Waals surface area (Å²) >= 11 is 0. The van der Waals surface area contributed by atoms with Crippen molar-refractivity contribution in [2.24, 2.45) is 0 Å². The Morgan fingerprint density at radius 3 is 2.60 bits per heavy atom. The molecular weight excluding hydrogens is 333 g/mol. The minimum absolute atomic E-state index is 0.0286. The Bertz CT molecular complexity index is 755. The molecule has 1 aliphatic rings. The fraction of sp³-hybridized carbons (Fsp3) is 0.412. The van der Waals surface area contributed by atoms with E-state index in [4.69, 9.17) is 0 Å². The lowest BCUT2D eigenvalue weighted by Gasteiger charge is -2.33. The normalized spacial score (nSPS) is 20.1. The van der Waals surface area contributed by atoms with Gasteiger partial charge in [-0.25, -0.2) is 4.68 Å². The maximum atomic E-state index is 13.5. The molecule has 2 atom stereocenters. The highest BCUT2D eigenvalue weighted by atomic mass is 19.4. The van der Waals surface area contributed by atoms with Gasteiger partial charge in [-0.3, -0.25) is 4.79 Å². The van der Waals surface area contributed by atoms with Crippen LogP contribution in [0.25, 0.3) is 0 Å². The number of carbonyl (C=O) groups is 1. The van der Waals surface area contributed by atoms with Gasteiger partial charge in [-0.05, 0) is 19.4 Å². The first-order valence-electron chi connectivity index (χ1n) is 8.04. The number of benzene rings is 1. The van der Waals surface area contributed by atoms with Gasteiger partial charge in [0.15, 0.2) is 11.7 Å². The second-order valence-electron chi connectivity index (χ2n) is 6.39. The molecule has 0 spiro atoms. The van der Waals surface area contributed by atoms with E-state index in [2.05, 4.69) is 15.7 Å². The zero-order valence-electron chi connectivity index (χ0n) is 13.8. The SMILES string of the molecule is CC(C)NC(=O)c1cc2n(n1)[C@@H](C(F)(F)F)C[C@@H](c1ccccc1)N2. The third-order valence-electron chi connectivity index (χ3n) is 4.04. The third kappa shape index (κ3) is 3.62. The molecule has 25 heavy (non-hydrogen) atoms. The molecule has 0 unspecified atom stereocenters. The van der Waals surface area contributed by atoms with Crippen LogP contribution in [0.1, 0.15) is 48.4 Å². The van der Waals surface area contributed by atoms with Gasteiger partial charge in [-0.2, -0.15) is 18.3 Å². The van der Waals surface area contributed by atoms with Crippen LogP contribution in [0, 0.1) is 0 Å². The molecular formula is C17H19F3N4O. The summed E-state index contributed by atoms with van der Waals surface area (Å²) < 4.78 is 41.5. The average Bonchev–Trinajstić information content (AvgIpc) is 2.97. The van der Waals surface area contributed by atoms with Crippen molar-refractivity contribution in [3.05, 3.63) is 47.7 Å². The third-order valence-corrected chi connectivity index (χ3v) is 4.04. The standard InChI is InChI=1S/C17H19F3N4O/c1-10(2)21-16(25)13-9-15-22-12(11-6-4-3-5-7-11)8-14(17(18,19)20)24(15)23-13/h3-7,9-10,12,14,22H,8H2,1-2H3,(H,21,25)/t12-,14+/m0/s1. The van der Waals surface area contributed by atoms with E-state index in [0.29, 0.717) is 0 Å². The molecule has 1 aromatic heterocycles. The Morgan fingerprint density at radius 1 is 1.32 bits per heavy atom. The number of rotatable bonds is 3. The fourth-order valence-corrected chi connectivity index (χ4v) is 2.92. The minimum Gasteiger partial charge on any atom is -0.363 e. The first-order valence-corrected chi connectivity index (χ1v) is 8.04. The lowest BCUT2D eigenvalue weighted by atomic mass is 9.97. The van der Waals surface area contributed by atoms with E-state index in [1.165, 1.54) is 6.07 Å². The van der Waals surface area contributed by atoms with E-state index in [1.807, 2.05) is 6.07 Å². The molecule has 8 heteroatoms. The van der Waals surface area contributed by atoms with E-state index in [0.717, 1.165) is 10.2 Å². The van der Waals surface area contributed by atoms with Gasteiger partial charge < -0.3 is 10.6 Å². The number of alkyl halides is 3. The lowest BCUT2D eigenvalue weighted by molar-refractivity contribution is -0.173. The molecule has 0 saturated heterocycles. The Balaban J connectivity index is 1.96. The minimum atomic E-state index is -4.46. The largest absolute Gasteiger partial charge is 0.410 e. The van der Waals surface area contributed by atoms with Gasteiger partial charge in [-0.15, -0.1) is 0 Å². The molecule has 0 saturated carbocycles. The van der Waals surface area contributed by atoms with Crippen molar-refractivity contribution in [1.82, 2.24) is 15.1 Å². The van der Waals surface area contributed by atoms with Crippen molar-refractivity contribution in [1.29, 1.82) is 0 Å². The van der Waals surface area contributed by atoms with Gasteiger partial charge in [0, 0.05) is 18.5 Å². The van der Waals surface area contributed by atoms with Crippen LogP contribution < -0.4 is 10.6 Å². The first kappa shape index (κ1) is 17.3. The van der Waals surface area contributed by atoms with E-state index in [9.17, 15) is 18.0 Å². The molecule has 2 aromatic rings. The van der Waals surface area contributed by atoms with Crippen molar-refractivity contribution in [2.45, 2.75) is 44.6 Å². The molecule has 0 radical (unpaired) electrons. The van der Waals surface area contributed by atoms with E-state index in [1.54, 1.807) is 38.1 Å². The van der Waals surface area contributed by atoms with Crippen LogP contribution in [0.2, 0.25) is 0 Å². The predicted molar refractivity (Wildman–Crippen MR) is 87.3 cm³/mol. The summed E-state index contributed by atoms with van der Waals surface area (Å²) in [5.74, 6) is -0.299. The van der Waals surface area contributed by atoms with E-state index >= 15 is 0 Å². The highest BCUT2D eigenvalue weighted by molar-refractivity contribution is 5.93. The summed E-state index contributed by atoms with van der Waals surface area (Å²) in [6, 6.07) is 7.90. The average molecular weight is 352 g/mol. The van der Waals surface area contributed by atoms with E-state index < -0.39 is 24.2 Å². The predicted octanol–water partition coefficient (Wildman–Crippen LogP) is 3.68. The summed E-state index contributed by atoms with van der Waals surface area (Å²) in [5, 5.41) is 9.61. The first-order chi connectivity index (χ1) is 11.8. The van der Waals surface area contributed by atoms with Gasteiger partial charge in [-0.1, -0.05) is 30.3 Å². The molecule has 0 fully saturated rings. The summed E-state index contributed by atoms with van der Waals surface area (Å²) in [7, 11) is 0. The van der Waals surface area contributed by atoms with Crippen molar-refractivity contribution in [3.63, 3.8) is 0 Å². The number of nitrogens with one attached hydrogen (secondary N) is 2. The lowest BCUT2D eigenvalue weighted by Crippen LogP contribution is -2.36. The fourth-order valence-electron chi connectivity index (χ4n) is 2.92. The molecule has 1 aliphatic heterocycles. The monoisotopic (exact) mass is 352 g/mol. The molecule has 2 N–H and O–H groups in total. The number of fused-ring (bicyclic) bond motifs is 1. The topological polar surface area (TPSA) is 59.0 Å². The van der Waals surface area contributed by atoms with Gasteiger partial charge in [0.25, 0.3) is 5.91 Å². The molecule has 1 aromatic carbocycles. The van der Waals surface area contributed by atoms with Gasteiger partial charge >= 0.3 is 6.18 Å². The second kappa shape index (κ2) is 6.42. The van der Waals surface area contributed by atoms with E-state index in [-0.39, 0.29) is 24.0 Å². The van der Waals surface area contributed by atoms with Gasteiger partial charge in [0.1, 0.15) is 5.82 Å². The van der Waals surface area contributed by atoms with Crippen molar-refractivity contribution < 1.29 is 18.0 Å². The Labute approximate surface area is 143 Å². The maximum absolute atomic E-state index is 13.5. The highest BCUT2D eigenvalue weighted by Crippen LogP contribution is 2.43. The molecule has 0 bridgehead atoms. The smallest absolute Gasteiger partial charge is 0.363 e. The number of hydrogen-bond acceptors (Lipinski definition) is 3. The van der Waals surface area contributed by atoms with Gasteiger partial charge in [0.2, 0.25) is 0 Å². The Morgan fingerprint density at radius 2 is 2.00 bits per heavy atom. The highest BCUT2D eigenvalue weighted by Gasteiger charge is 2.46. The molecule has 5 nitrogen and oxygen atoms in total. The van der Waals surface area contributed by atoms with Crippen LogP contribution in [0.5, 0.6) is 0 Å². The van der Waals surface area contributed by atoms with Crippen LogP contribution in [0.4, 0.5) is 19.0 Å². The number of halogens is 3. The van der Waals surface area contributed by atoms with Crippen LogP contribution in [0.3, 0.4) is 0 Å². The zero-order chi connectivity index (χ0) is 18.2. The molecule has 3 rings (SSSR count). The summed E-state index contributed by atoms with van der Waals surface area (Å²) in [4.78, 5) is 12.1. The van der Waals surface area contributed by atoms with Crippen LogP contribution in [-0.2, 0) is 0 Å². The summed E-state index contributed by atoms with van der Waals surface area (Å²) in [6.45, 7) is 3.55. The number of hydrogen-bond donors (Lipinski definition) is 2. The number of aromatic nitrogens is 2. The Kier molecular flexibility index (Phi) is 4.45. The summed E-state index contributed by atoms with van der Waals surface area (Å²) in [5.41, 5.74) is 0.733.